The first-order valence-corrected chi connectivity index (χ1v) is 5.45. The third-order valence-corrected chi connectivity index (χ3v) is 2.74. The van der Waals surface area contributed by atoms with Crippen LogP contribution >= 0.6 is 0 Å². The minimum Gasteiger partial charge on any atom is -0.497 e. The van der Waals surface area contributed by atoms with Crippen molar-refractivity contribution in [3.63, 3.8) is 0 Å². The van der Waals surface area contributed by atoms with Crippen molar-refractivity contribution in [2.24, 2.45) is 0 Å². The molecule has 0 aliphatic heterocycles. The third-order valence-electron chi connectivity index (χ3n) is 2.74. The van der Waals surface area contributed by atoms with Crippen LogP contribution in [0.3, 0.4) is 0 Å². The smallest absolute Gasteiger partial charge is 0.132 e. The number of benzene rings is 1. The van der Waals surface area contributed by atoms with E-state index >= 15 is 0 Å². The maximum absolute atomic E-state index is 13.6. The Balaban J connectivity index is 2.00. The Morgan fingerprint density at radius 1 is 1.56 bits per heavy atom. The SMILES string of the molecule is COc1ccc(C(O)CNC2CC2)c(F)c1. The van der Waals surface area contributed by atoms with Crippen molar-refractivity contribution in [1.82, 2.24) is 5.32 Å². The number of methoxy groups -OCH3 is 1. The fourth-order valence-electron chi connectivity index (χ4n) is 1.58. The molecule has 4 heteroatoms. The van der Waals surface area contributed by atoms with E-state index in [-0.39, 0.29) is 0 Å². The molecule has 0 bridgehead atoms. The van der Waals surface area contributed by atoms with Gasteiger partial charge in [0.05, 0.1) is 13.2 Å². The van der Waals surface area contributed by atoms with Crippen LogP contribution in [0.1, 0.15) is 24.5 Å². The lowest BCUT2D eigenvalue weighted by atomic mass is 10.1. The van der Waals surface area contributed by atoms with Crippen molar-refractivity contribution in [3.8, 4) is 5.75 Å². The zero-order valence-electron chi connectivity index (χ0n) is 9.24. The molecule has 1 atom stereocenters. The average Bonchev–Trinajstić information content (AvgIpc) is 3.09. The Morgan fingerprint density at radius 3 is 2.88 bits per heavy atom. The van der Waals surface area contributed by atoms with Crippen LogP contribution < -0.4 is 10.1 Å². The number of ether oxygens (including phenoxy) is 1. The first kappa shape index (κ1) is 11.4. The monoisotopic (exact) mass is 225 g/mol. The topological polar surface area (TPSA) is 41.5 Å². The fourth-order valence-corrected chi connectivity index (χ4v) is 1.58. The molecule has 0 aromatic heterocycles. The highest BCUT2D eigenvalue weighted by Crippen LogP contribution is 2.23. The number of nitrogens with one attached hydrogen (secondary N) is 1. The van der Waals surface area contributed by atoms with E-state index in [0.29, 0.717) is 23.9 Å². The summed E-state index contributed by atoms with van der Waals surface area (Å²) in [6.45, 7) is 0.397. The molecule has 1 aliphatic carbocycles. The Morgan fingerprint density at radius 2 is 2.31 bits per heavy atom. The molecule has 3 nitrogen and oxygen atoms in total. The van der Waals surface area contributed by atoms with Gasteiger partial charge in [0.15, 0.2) is 0 Å². The van der Waals surface area contributed by atoms with E-state index in [1.54, 1.807) is 12.1 Å². The summed E-state index contributed by atoms with van der Waals surface area (Å²) in [6, 6.07) is 5.01. The van der Waals surface area contributed by atoms with Crippen molar-refractivity contribution in [2.75, 3.05) is 13.7 Å². The molecule has 1 aliphatic rings. The number of aliphatic hydroxyl groups excluding tert-OH is 1. The van der Waals surface area contributed by atoms with Gasteiger partial charge in [0.1, 0.15) is 11.6 Å². The summed E-state index contributed by atoms with van der Waals surface area (Å²) < 4.78 is 18.5. The highest BCUT2D eigenvalue weighted by molar-refractivity contribution is 5.30. The van der Waals surface area contributed by atoms with Crippen LogP contribution in [0, 0.1) is 5.82 Å². The Labute approximate surface area is 94.2 Å². The Bertz CT molecular complexity index is 366. The van der Waals surface area contributed by atoms with Gasteiger partial charge in [0.2, 0.25) is 0 Å². The van der Waals surface area contributed by atoms with Crippen LogP contribution in [0.5, 0.6) is 5.75 Å². The van der Waals surface area contributed by atoms with Gasteiger partial charge in [-0.25, -0.2) is 4.39 Å². The zero-order chi connectivity index (χ0) is 11.5. The maximum Gasteiger partial charge on any atom is 0.132 e. The summed E-state index contributed by atoms with van der Waals surface area (Å²) >= 11 is 0. The predicted molar refractivity (Wildman–Crippen MR) is 58.9 cm³/mol. The predicted octanol–water partition coefficient (Wildman–Crippen LogP) is 1.62. The summed E-state index contributed by atoms with van der Waals surface area (Å²) in [6.07, 6.45) is 1.50. The number of hydrogen-bond acceptors (Lipinski definition) is 3. The van der Waals surface area contributed by atoms with Crippen molar-refractivity contribution in [2.45, 2.75) is 25.0 Å². The van der Waals surface area contributed by atoms with E-state index in [1.165, 1.54) is 13.2 Å². The highest BCUT2D eigenvalue weighted by Gasteiger charge is 2.22. The highest BCUT2D eigenvalue weighted by atomic mass is 19.1. The quantitative estimate of drug-likeness (QED) is 0.800. The van der Waals surface area contributed by atoms with Gasteiger partial charge in [-0.05, 0) is 25.0 Å². The summed E-state index contributed by atoms with van der Waals surface area (Å²) in [5.41, 5.74) is 0.314. The van der Waals surface area contributed by atoms with Crippen molar-refractivity contribution in [1.29, 1.82) is 0 Å². The molecular weight excluding hydrogens is 209 g/mol. The first-order valence-electron chi connectivity index (χ1n) is 5.45. The molecule has 1 aromatic rings. The van der Waals surface area contributed by atoms with Crippen molar-refractivity contribution < 1.29 is 14.2 Å². The molecule has 1 saturated carbocycles. The molecule has 1 aromatic carbocycles. The molecule has 0 saturated heterocycles. The second-order valence-electron chi connectivity index (χ2n) is 4.09. The van der Waals surface area contributed by atoms with Crippen LogP contribution in [-0.4, -0.2) is 24.8 Å². The van der Waals surface area contributed by atoms with E-state index < -0.39 is 11.9 Å². The number of rotatable bonds is 5. The van der Waals surface area contributed by atoms with Gasteiger partial charge in [0.25, 0.3) is 0 Å². The van der Waals surface area contributed by atoms with Crippen LogP contribution in [-0.2, 0) is 0 Å². The van der Waals surface area contributed by atoms with Crippen LogP contribution in [0.15, 0.2) is 18.2 Å². The maximum atomic E-state index is 13.6. The minimum atomic E-state index is -0.800. The summed E-state index contributed by atoms with van der Waals surface area (Å²) in [5.74, 6) is 0.0352. The van der Waals surface area contributed by atoms with Gasteiger partial charge in [-0.15, -0.1) is 0 Å². The summed E-state index contributed by atoms with van der Waals surface area (Å²) in [5, 5.41) is 13.0. The molecule has 0 spiro atoms. The van der Waals surface area contributed by atoms with Gasteiger partial charge in [-0.2, -0.15) is 0 Å². The molecule has 2 rings (SSSR count). The van der Waals surface area contributed by atoms with E-state index in [2.05, 4.69) is 5.32 Å². The number of hydrogen-bond donors (Lipinski definition) is 2. The van der Waals surface area contributed by atoms with Gasteiger partial charge in [-0.1, -0.05) is 0 Å². The van der Waals surface area contributed by atoms with Gasteiger partial charge < -0.3 is 15.2 Å². The summed E-state index contributed by atoms with van der Waals surface area (Å²) in [7, 11) is 1.49. The second-order valence-corrected chi connectivity index (χ2v) is 4.09. The van der Waals surface area contributed by atoms with Crippen molar-refractivity contribution >= 4 is 0 Å². The molecule has 1 unspecified atom stereocenters. The standard InChI is InChI=1S/C12H16FNO2/c1-16-9-4-5-10(11(13)6-9)12(15)7-14-8-2-3-8/h4-6,8,12,14-15H,2-3,7H2,1H3. The van der Waals surface area contributed by atoms with E-state index in [9.17, 15) is 9.50 Å². The van der Waals surface area contributed by atoms with E-state index in [0.717, 1.165) is 12.8 Å². The molecule has 0 heterocycles. The van der Waals surface area contributed by atoms with E-state index in [4.69, 9.17) is 4.74 Å². The van der Waals surface area contributed by atoms with Gasteiger partial charge >= 0.3 is 0 Å². The van der Waals surface area contributed by atoms with Crippen LogP contribution in [0.4, 0.5) is 4.39 Å². The zero-order valence-corrected chi connectivity index (χ0v) is 9.24. The summed E-state index contributed by atoms with van der Waals surface area (Å²) in [4.78, 5) is 0. The lowest BCUT2D eigenvalue weighted by Gasteiger charge is -2.13. The Hall–Kier alpha value is -1.13. The minimum absolute atomic E-state index is 0.314. The van der Waals surface area contributed by atoms with Gasteiger partial charge in [0, 0.05) is 24.2 Å². The van der Waals surface area contributed by atoms with Crippen molar-refractivity contribution in [3.05, 3.63) is 29.6 Å². The Kier molecular flexibility index (Phi) is 3.41. The normalized spacial score (nSPS) is 17.2. The average molecular weight is 225 g/mol. The lowest BCUT2D eigenvalue weighted by Crippen LogP contribution is -2.23. The molecular formula is C12H16FNO2. The lowest BCUT2D eigenvalue weighted by molar-refractivity contribution is 0.169. The van der Waals surface area contributed by atoms with Crippen LogP contribution in [0.25, 0.3) is 0 Å². The first-order chi connectivity index (χ1) is 7.70. The molecule has 0 radical (unpaired) electrons. The molecule has 16 heavy (non-hydrogen) atoms. The molecule has 2 N–H and O–H groups in total. The number of halogens is 1. The van der Waals surface area contributed by atoms with E-state index in [1.807, 2.05) is 0 Å². The molecule has 88 valence electrons. The van der Waals surface area contributed by atoms with Crippen LogP contribution in [0.2, 0.25) is 0 Å². The largest absolute Gasteiger partial charge is 0.497 e. The fraction of sp³-hybridized carbons (Fsp3) is 0.500. The molecule has 1 fully saturated rings. The van der Waals surface area contributed by atoms with Gasteiger partial charge in [-0.3, -0.25) is 0 Å². The third kappa shape index (κ3) is 2.71. The molecule has 0 amide bonds. The second kappa shape index (κ2) is 4.80. The number of aliphatic hydroxyl groups is 1.